The maximum atomic E-state index is 10.1. The second-order valence-electron chi connectivity index (χ2n) is 2.81. The second kappa shape index (κ2) is 8.27. The van der Waals surface area contributed by atoms with Crippen LogP contribution in [0.4, 0.5) is 0 Å². The predicted molar refractivity (Wildman–Crippen MR) is 48.0 cm³/mol. The minimum atomic E-state index is -0.735. The highest BCUT2D eigenvalue weighted by Gasteiger charge is 1.97. The smallest absolute Gasteiger partial charge is 0.359 e. The first-order valence-corrected chi connectivity index (χ1v) is 4.41. The lowest BCUT2D eigenvalue weighted by molar-refractivity contribution is -0.645. The molecule has 0 aromatic heterocycles. The first-order chi connectivity index (χ1) is 5.77. The van der Waals surface area contributed by atoms with Gasteiger partial charge in [-0.2, -0.15) is 0 Å². The number of unbranched alkanes of at least 4 members (excludes halogenated alkanes) is 3. The van der Waals surface area contributed by atoms with Crippen molar-refractivity contribution < 1.29 is 15.2 Å². The van der Waals surface area contributed by atoms with Gasteiger partial charge in [-0.1, -0.05) is 6.08 Å². The molecular weight excluding hydrogens is 154 g/mol. The Kier molecular flexibility index (Phi) is 7.70. The quantitative estimate of drug-likeness (QED) is 0.411. The third-order valence-electron chi connectivity index (χ3n) is 1.64. The Morgan fingerprint density at radius 3 is 2.75 bits per heavy atom. The maximum absolute atomic E-state index is 10.1. The number of carbonyl (C=O) groups is 1. The van der Waals surface area contributed by atoms with Crippen molar-refractivity contribution in [1.82, 2.24) is 0 Å². The molecule has 0 aromatic rings. The molecule has 0 saturated heterocycles. The third kappa shape index (κ3) is 9.17. The van der Waals surface area contributed by atoms with Gasteiger partial charge in [-0.25, -0.2) is 4.79 Å². The summed E-state index contributed by atoms with van der Waals surface area (Å²) in [6.45, 7) is 4.75. The van der Waals surface area contributed by atoms with Gasteiger partial charge in [0.25, 0.3) is 0 Å². The van der Waals surface area contributed by atoms with Gasteiger partial charge >= 0.3 is 5.97 Å². The van der Waals surface area contributed by atoms with Crippen LogP contribution in [0.5, 0.6) is 0 Å². The van der Waals surface area contributed by atoms with E-state index in [-0.39, 0.29) is 6.54 Å². The fraction of sp³-hybridized carbons (Fsp3) is 0.667. The van der Waals surface area contributed by atoms with Gasteiger partial charge in [0.05, 0.1) is 6.54 Å². The molecule has 0 bridgehead atoms. The Bertz CT molecular complexity index is 134. The molecule has 12 heavy (non-hydrogen) atoms. The molecule has 0 atom stereocenters. The highest BCUT2D eigenvalue weighted by Crippen LogP contribution is 1.97. The van der Waals surface area contributed by atoms with Crippen LogP contribution >= 0.6 is 0 Å². The maximum Gasteiger partial charge on any atom is 0.359 e. The molecule has 3 nitrogen and oxygen atoms in total. The van der Waals surface area contributed by atoms with Crippen molar-refractivity contribution >= 4 is 5.97 Å². The van der Waals surface area contributed by atoms with Crippen molar-refractivity contribution in [2.75, 3.05) is 13.1 Å². The van der Waals surface area contributed by atoms with Gasteiger partial charge in [-0.05, 0) is 25.7 Å². The van der Waals surface area contributed by atoms with E-state index in [9.17, 15) is 4.79 Å². The van der Waals surface area contributed by atoms with Crippen molar-refractivity contribution in [1.29, 1.82) is 0 Å². The van der Waals surface area contributed by atoms with Gasteiger partial charge in [0.15, 0.2) is 6.54 Å². The first kappa shape index (κ1) is 11.2. The van der Waals surface area contributed by atoms with Crippen LogP contribution in [0, 0.1) is 0 Å². The van der Waals surface area contributed by atoms with Crippen LogP contribution in [0.1, 0.15) is 25.7 Å². The summed E-state index contributed by atoms with van der Waals surface area (Å²) in [5.41, 5.74) is 0. The van der Waals surface area contributed by atoms with Crippen molar-refractivity contribution in [3.63, 3.8) is 0 Å². The number of carboxylic acids is 1. The van der Waals surface area contributed by atoms with Gasteiger partial charge in [-0.15, -0.1) is 6.58 Å². The zero-order valence-electron chi connectivity index (χ0n) is 7.46. The third-order valence-corrected chi connectivity index (χ3v) is 1.64. The molecule has 0 aliphatic carbocycles. The fourth-order valence-corrected chi connectivity index (χ4v) is 0.980. The number of hydrogen-bond donors (Lipinski definition) is 2. The topological polar surface area (TPSA) is 53.9 Å². The van der Waals surface area contributed by atoms with Gasteiger partial charge < -0.3 is 10.4 Å². The summed E-state index contributed by atoms with van der Waals surface area (Å²) < 4.78 is 0. The fourth-order valence-electron chi connectivity index (χ4n) is 0.980. The molecule has 0 aromatic carbocycles. The molecule has 0 saturated carbocycles. The molecule has 0 aliphatic heterocycles. The SMILES string of the molecule is C=CCCCCC[NH2+]CC(=O)O. The monoisotopic (exact) mass is 172 g/mol. The van der Waals surface area contributed by atoms with Crippen molar-refractivity contribution in [3.8, 4) is 0 Å². The summed E-state index contributed by atoms with van der Waals surface area (Å²) in [6, 6.07) is 0. The number of allylic oxidation sites excluding steroid dienone is 1. The molecule has 0 radical (unpaired) electrons. The van der Waals surface area contributed by atoms with E-state index >= 15 is 0 Å². The van der Waals surface area contributed by atoms with E-state index in [4.69, 9.17) is 5.11 Å². The zero-order valence-corrected chi connectivity index (χ0v) is 7.46. The zero-order chi connectivity index (χ0) is 9.23. The van der Waals surface area contributed by atoms with Crippen molar-refractivity contribution in [2.45, 2.75) is 25.7 Å². The number of nitrogens with two attached hydrogens (primary N) is 1. The standard InChI is InChI=1S/C9H17NO2/c1-2-3-4-5-6-7-10-8-9(11)12/h2,10H,1,3-8H2,(H,11,12)/p+1. The van der Waals surface area contributed by atoms with Crippen LogP contribution in [0.3, 0.4) is 0 Å². The van der Waals surface area contributed by atoms with E-state index in [1.54, 1.807) is 0 Å². The molecule has 0 fully saturated rings. The normalized spacial score (nSPS) is 9.67. The number of aliphatic carboxylic acids is 1. The van der Waals surface area contributed by atoms with Crippen LogP contribution in [0.2, 0.25) is 0 Å². The van der Waals surface area contributed by atoms with Gasteiger partial charge in [-0.3, -0.25) is 0 Å². The molecule has 0 aliphatic rings. The lowest BCUT2D eigenvalue weighted by Crippen LogP contribution is -2.85. The summed E-state index contributed by atoms with van der Waals surface area (Å²) >= 11 is 0. The van der Waals surface area contributed by atoms with Crippen molar-refractivity contribution in [2.24, 2.45) is 0 Å². The molecule has 0 heterocycles. The summed E-state index contributed by atoms with van der Waals surface area (Å²) in [4.78, 5) is 10.1. The van der Waals surface area contributed by atoms with Gasteiger partial charge in [0.1, 0.15) is 0 Å². The predicted octanol–water partition coefficient (Wildman–Crippen LogP) is 0.381. The Morgan fingerprint density at radius 1 is 1.42 bits per heavy atom. The number of quaternary nitrogens is 1. The largest absolute Gasteiger partial charge is 0.477 e. The minimum absolute atomic E-state index is 0.196. The molecule has 3 N–H and O–H groups in total. The molecule has 0 unspecified atom stereocenters. The summed E-state index contributed by atoms with van der Waals surface area (Å²) in [7, 11) is 0. The minimum Gasteiger partial charge on any atom is -0.477 e. The Morgan fingerprint density at radius 2 is 2.17 bits per heavy atom. The van der Waals surface area contributed by atoms with E-state index in [1.807, 2.05) is 11.4 Å². The Labute approximate surface area is 73.5 Å². The first-order valence-electron chi connectivity index (χ1n) is 4.41. The van der Waals surface area contributed by atoms with E-state index in [0.29, 0.717) is 0 Å². The van der Waals surface area contributed by atoms with Gasteiger partial charge in [0.2, 0.25) is 0 Å². The van der Waals surface area contributed by atoms with Crippen LogP contribution < -0.4 is 5.32 Å². The second-order valence-corrected chi connectivity index (χ2v) is 2.81. The van der Waals surface area contributed by atoms with Crippen LogP contribution in [-0.2, 0) is 4.79 Å². The van der Waals surface area contributed by atoms with E-state index < -0.39 is 5.97 Å². The highest BCUT2D eigenvalue weighted by molar-refractivity contribution is 5.67. The van der Waals surface area contributed by atoms with Crippen LogP contribution in [0.25, 0.3) is 0 Å². The summed E-state index contributed by atoms with van der Waals surface area (Å²) in [6.07, 6.45) is 6.42. The average molecular weight is 172 g/mol. The Balaban J connectivity index is 2.90. The molecule has 70 valence electrons. The average Bonchev–Trinajstić information content (AvgIpc) is 2.02. The van der Waals surface area contributed by atoms with E-state index in [1.165, 1.54) is 12.8 Å². The molecule has 0 rings (SSSR count). The molecule has 3 heteroatoms. The lowest BCUT2D eigenvalue weighted by Gasteiger charge is -1.97. The van der Waals surface area contributed by atoms with E-state index in [0.717, 1.165) is 19.4 Å². The van der Waals surface area contributed by atoms with Gasteiger partial charge in [0, 0.05) is 0 Å². The number of rotatable bonds is 8. The molecule has 0 spiro atoms. The van der Waals surface area contributed by atoms with Crippen molar-refractivity contribution in [3.05, 3.63) is 12.7 Å². The highest BCUT2D eigenvalue weighted by atomic mass is 16.4. The number of carboxylic acid groups (broad SMARTS) is 1. The van der Waals surface area contributed by atoms with Crippen LogP contribution in [0.15, 0.2) is 12.7 Å². The molecular formula is C9H18NO2+. The lowest BCUT2D eigenvalue weighted by atomic mass is 10.2. The number of hydrogen-bond acceptors (Lipinski definition) is 1. The van der Waals surface area contributed by atoms with Crippen LogP contribution in [-0.4, -0.2) is 24.2 Å². The summed E-state index contributed by atoms with van der Waals surface area (Å²) in [5.74, 6) is -0.735. The van der Waals surface area contributed by atoms with E-state index in [2.05, 4.69) is 6.58 Å². The Hall–Kier alpha value is -0.830. The molecule has 0 amide bonds. The summed E-state index contributed by atoms with van der Waals surface area (Å²) in [5, 5.41) is 10.1.